The Morgan fingerprint density at radius 1 is 0.970 bits per heavy atom. The molecular formula is C26H41NO6. The lowest BCUT2D eigenvalue weighted by Gasteiger charge is -2.39. The molecule has 0 spiro atoms. The number of rotatable bonds is 6. The highest BCUT2D eigenvalue weighted by Gasteiger charge is 2.59. The van der Waals surface area contributed by atoms with Gasteiger partial charge in [-0.3, -0.25) is 9.63 Å². The molecule has 0 aliphatic carbocycles. The number of esters is 2. The van der Waals surface area contributed by atoms with Crippen LogP contribution in [0.15, 0.2) is 30.3 Å². The van der Waals surface area contributed by atoms with Crippen molar-refractivity contribution < 1.29 is 28.6 Å². The molecule has 0 bridgehead atoms. The van der Waals surface area contributed by atoms with E-state index >= 15 is 0 Å². The summed E-state index contributed by atoms with van der Waals surface area (Å²) in [4.78, 5) is 33.0. The molecule has 2 rings (SSSR count). The maximum atomic E-state index is 13.7. The van der Waals surface area contributed by atoms with Gasteiger partial charge in [0, 0.05) is 6.42 Å². The molecule has 1 aliphatic rings. The molecule has 1 aromatic carbocycles. The Kier molecular flexibility index (Phi) is 8.04. The summed E-state index contributed by atoms with van der Waals surface area (Å²) < 4.78 is 17.5. The van der Waals surface area contributed by atoms with Crippen LogP contribution in [0.1, 0.15) is 93.7 Å². The molecule has 2 unspecified atom stereocenters. The van der Waals surface area contributed by atoms with Gasteiger partial charge in [0.2, 0.25) is 0 Å². The number of hydrogen-bond acceptors (Lipinski definition) is 7. The van der Waals surface area contributed by atoms with Gasteiger partial charge in [-0.15, -0.1) is 0 Å². The van der Waals surface area contributed by atoms with E-state index in [1.807, 2.05) is 58.0 Å². The lowest BCUT2D eigenvalue weighted by molar-refractivity contribution is -0.288. The molecule has 0 aromatic heterocycles. The van der Waals surface area contributed by atoms with Crippen LogP contribution in [0.2, 0.25) is 0 Å². The van der Waals surface area contributed by atoms with Gasteiger partial charge < -0.3 is 14.2 Å². The van der Waals surface area contributed by atoms with Crippen molar-refractivity contribution in [2.24, 2.45) is 0 Å². The van der Waals surface area contributed by atoms with Gasteiger partial charge in [-0.25, -0.2) is 4.79 Å². The van der Waals surface area contributed by atoms with Gasteiger partial charge in [0.25, 0.3) is 0 Å². The zero-order chi connectivity index (χ0) is 25.2. The topological polar surface area (TPSA) is 74.3 Å². The maximum Gasteiger partial charge on any atom is 0.330 e. The molecule has 1 saturated heterocycles. The van der Waals surface area contributed by atoms with Gasteiger partial charge >= 0.3 is 11.9 Å². The molecule has 7 heteroatoms. The van der Waals surface area contributed by atoms with Crippen LogP contribution in [0.3, 0.4) is 0 Å². The van der Waals surface area contributed by atoms with Crippen LogP contribution in [-0.4, -0.2) is 45.6 Å². The van der Waals surface area contributed by atoms with Gasteiger partial charge in [-0.1, -0.05) is 30.3 Å². The SMILES string of the molecule is C[C@@H](c1ccccc1)N1OC(OC(C)(C)C)CC1(CC(=O)OC(C)(C)C)C(=O)OC(C)(C)C. The summed E-state index contributed by atoms with van der Waals surface area (Å²) in [6.45, 7) is 18.5. The number of nitrogens with zero attached hydrogens (tertiary/aromatic N) is 1. The van der Waals surface area contributed by atoms with Crippen molar-refractivity contribution in [2.75, 3.05) is 0 Å². The smallest absolute Gasteiger partial charge is 0.330 e. The number of hydroxylamine groups is 2. The first kappa shape index (κ1) is 27.3. The molecule has 1 aromatic rings. The number of ether oxygens (including phenoxy) is 3. The lowest BCUT2D eigenvalue weighted by Crippen LogP contribution is -2.55. The van der Waals surface area contributed by atoms with E-state index < -0.39 is 40.6 Å². The van der Waals surface area contributed by atoms with E-state index in [-0.39, 0.29) is 18.9 Å². The minimum absolute atomic E-state index is 0.135. The van der Waals surface area contributed by atoms with Crippen molar-refractivity contribution in [2.45, 2.75) is 117 Å². The summed E-state index contributed by atoms with van der Waals surface area (Å²) in [5.41, 5.74) is -2.43. The summed E-state index contributed by atoms with van der Waals surface area (Å²) in [5, 5.41) is 1.58. The molecular weight excluding hydrogens is 422 g/mol. The fourth-order valence-corrected chi connectivity index (χ4v) is 3.80. The van der Waals surface area contributed by atoms with Crippen LogP contribution in [0.4, 0.5) is 0 Å². The van der Waals surface area contributed by atoms with Crippen LogP contribution in [0, 0.1) is 0 Å². The minimum Gasteiger partial charge on any atom is -0.460 e. The third-order valence-electron chi connectivity index (χ3n) is 4.91. The van der Waals surface area contributed by atoms with Gasteiger partial charge in [-0.2, -0.15) is 5.06 Å². The Bertz CT molecular complexity index is 818. The van der Waals surface area contributed by atoms with E-state index in [1.54, 1.807) is 46.6 Å². The summed E-state index contributed by atoms with van der Waals surface area (Å²) in [6, 6.07) is 9.34. The van der Waals surface area contributed by atoms with Crippen LogP contribution in [0.25, 0.3) is 0 Å². The summed E-state index contributed by atoms with van der Waals surface area (Å²) >= 11 is 0. The highest BCUT2D eigenvalue weighted by molar-refractivity contribution is 5.87. The second-order valence-electron chi connectivity index (χ2n) is 11.7. The van der Waals surface area contributed by atoms with E-state index in [4.69, 9.17) is 19.0 Å². The normalized spacial score (nSPS) is 23.3. The summed E-state index contributed by atoms with van der Waals surface area (Å²) in [7, 11) is 0. The lowest BCUT2D eigenvalue weighted by atomic mass is 9.88. The van der Waals surface area contributed by atoms with Crippen LogP contribution >= 0.6 is 0 Å². The van der Waals surface area contributed by atoms with Crippen LogP contribution in [-0.2, 0) is 28.6 Å². The van der Waals surface area contributed by atoms with E-state index in [1.165, 1.54) is 0 Å². The molecule has 186 valence electrons. The largest absolute Gasteiger partial charge is 0.460 e. The van der Waals surface area contributed by atoms with Crippen molar-refractivity contribution in [1.29, 1.82) is 0 Å². The van der Waals surface area contributed by atoms with Crippen LogP contribution < -0.4 is 0 Å². The number of carbonyl (C=O) groups is 2. The monoisotopic (exact) mass is 463 g/mol. The fraction of sp³-hybridized carbons (Fsp3) is 0.692. The number of carbonyl (C=O) groups excluding carboxylic acids is 2. The van der Waals surface area contributed by atoms with Gasteiger partial charge in [0.15, 0.2) is 11.8 Å². The molecule has 1 fully saturated rings. The van der Waals surface area contributed by atoms with Crippen molar-refractivity contribution in [3.63, 3.8) is 0 Å². The average molecular weight is 464 g/mol. The van der Waals surface area contributed by atoms with Crippen molar-refractivity contribution in [1.82, 2.24) is 5.06 Å². The Morgan fingerprint density at radius 2 is 1.52 bits per heavy atom. The van der Waals surface area contributed by atoms with Crippen molar-refractivity contribution >= 4 is 11.9 Å². The molecule has 7 nitrogen and oxygen atoms in total. The quantitative estimate of drug-likeness (QED) is 0.527. The molecule has 1 heterocycles. The van der Waals surface area contributed by atoms with Gasteiger partial charge in [0.05, 0.1) is 18.1 Å². The number of benzene rings is 1. The summed E-state index contributed by atoms with van der Waals surface area (Å²) in [6.07, 6.45) is -0.818. The first-order chi connectivity index (χ1) is 14.9. The Balaban J connectivity index is 2.54. The third kappa shape index (κ3) is 7.80. The second kappa shape index (κ2) is 9.72. The molecule has 3 atom stereocenters. The molecule has 0 radical (unpaired) electrons. The first-order valence-corrected chi connectivity index (χ1v) is 11.6. The Hall–Kier alpha value is -1.96. The van der Waals surface area contributed by atoms with Crippen molar-refractivity contribution in [3.8, 4) is 0 Å². The Labute approximate surface area is 198 Å². The van der Waals surface area contributed by atoms with E-state index in [9.17, 15) is 9.59 Å². The highest BCUT2D eigenvalue weighted by atomic mass is 16.8. The molecule has 0 saturated carbocycles. The predicted octanol–water partition coefficient (Wildman–Crippen LogP) is 5.34. The van der Waals surface area contributed by atoms with Gasteiger partial charge in [-0.05, 0) is 74.8 Å². The molecule has 33 heavy (non-hydrogen) atoms. The first-order valence-electron chi connectivity index (χ1n) is 11.6. The highest BCUT2D eigenvalue weighted by Crippen LogP contribution is 2.44. The Morgan fingerprint density at radius 3 is 2.00 bits per heavy atom. The third-order valence-corrected chi connectivity index (χ3v) is 4.91. The van der Waals surface area contributed by atoms with Crippen LogP contribution in [0.5, 0.6) is 0 Å². The van der Waals surface area contributed by atoms with E-state index in [0.717, 1.165) is 5.56 Å². The maximum absolute atomic E-state index is 13.7. The zero-order valence-electron chi connectivity index (χ0n) is 21.9. The van der Waals surface area contributed by atoms with Crippen molar-refractivity contribution in [3.05, 3.63) is 35.9 Å². The predicted molar refractivity (Wildman–Crippen MR) is 126 cm³/mol. The summed E-state index contributed by atoms with van der Waals surface area (Å²) in [5.74, 6) is -1.04. The fourth-order valence-electron chi connectivity index (χ4n) is 3.80. The molecule has 0 amide bonds. The molecule has 0 N–H and O–H groups in total. The van der Waals surface area contributed by atoms with E-state index in [2.05, 4.69) is 0 Å². The molecule has 1 aliphatic heterocycles. The zero-order valence-corrected chi connectivity index (χ0v) is 21.9. The number of hydrogen-bond donors (Lipinski definition) is 0. The minimum atomic E-state index is -1.42. The van der Waals surface area contributed by atoms with Gasteiger partial charge in [0.1, 0.15) is 11.2 Å². The average Bonchev–Trinajstić information content (AvgIpc) is 2.95. The second-order valence-corrected chi connectivity index (χ2v) is 11.7. The standard InChI is InChI=1S/C26H41NO6/c1-18(19-14-12-11-13-15-19)27-26(22(29)32-25(8,9)10,16-20(28)30-23(2,3)4)17-21(33-27)31-24(5,6)7/h11-15,18,21H,16-17H2,1-10H3/t18-,21?,26?/m0/s1. The van der Waals surface area contributed by atoms with E-state index in [0.29, 0.717) is 0 Å².